The van der Waals surface area contributed by atoms with Gasteiger partial charge in [-0.2, -0.15) is 0 Å². The fourth-order valence-electron chi connectivity index (χ4n) is 0.984. The number of benzene rings is 1. The molecule has 0 atom stereocenters. The van der Waals surface area contributed by atoms with Crippen LogP contribution in [0.15, 0.2) is 22.7 Å². The van der Waals surface area contributed by atoms with E-state index in [1.54, 1.807) is 6.07 Å². The second-order valence-corrected chi connectivity index (χ2v) is 5.00. The highest BCUT2D eigenvalue weighted by Crippen LogP contribution is 2.29. The van der Waals surface area contributed by atoms with Crippen LogP contribution in [0.2, 0.25) is 0 Å². The van der Waals surface area contributed by atoms with E-state index in [0.29, 0.717) is 16.8 Å². The highest BCUT2D eigenvalue weighted by atomic mass is 79.9. The Balaban J connectivity index is 2.80. The molecule has 0 heterocycles. The maximum Gasteiger partial charge on any atom is 0.270 e. The maximum absolute atomic E-state index is 10.5. The lowest BCUT2D eigenvalue weighted by Gasteiger charge is -2.19. The Kier molecular flexibility index (Phi) is 3.88. The lowest BCUT2D eigenvalue weighted by atomic mass is 10.1. The van der Waals surface area contributed by atoms with Crippen molar-refractivity contribution in [3.05, 3.63) is 32.8 Å². The van der Waals surface area contributed by atoms with Crippen molar-refractivity contribution < 1.29 is 9.66 Å². The molecular formula is C10H13BrN2O3. The number of nitrogens with two attached hydrogens (primary N) is 1. The molecule has 0 aliphatic rings. The summed E-state index contributed by atoms with van der Waals surface area (Å²) >= 11 is 3.21. The van der Waals surface area contributed by atoms with Gasteiger partial charge in [-0.25, -0.2) is 0 Å². The van der Waals surface area contributed by atoms with Crippen LogP contribution in [-0.2, 0) is 0 Å². The highest BCUT2D eigenvalue weighted by Gasteiger charge is 2.14. The van der Waals surface area contributed by atoms with Gasteiger partial charge in [0.15, 0.2) is 0 Å². The standard InChI is InChI=1S/C10H13BrN2O3/c1-10(2,12)6-16-9-4-3-7(13(14)15)5-8(9)11/h3-5H,6,12H2,1-2H3. The zero-order valence-electron chi connectivity index (χ0n) is 9.07. The molecule has 0 saturated carbocycles. The summed E-state index contributed by atoms with van der Waals surface area (Å²) < 4.78 is 5.99. The molecule has 0 amide bonds. The van der Waals surface area contributed by atoms with Crippen LogP contribution in [0.1, 0.15) is 13.8 Å². The summed E-state index contributed by atoms with van der Waals surface area (Å²) in [6.07, 6.45) is 0. The molecule has 5 nitrogen and oxygen atoms in total. The van der Waals surface area contributed by atoms with Crippen molar-refractivity contribution in [3.63, 3.8) is 0 Å². The summed E-state index contributed by atoms with van der Waals surface area (Å²) in [4.78, 5) is 10.0. The van der Waals surface area contributed by atoms with Crippen molar-refractivity contribution in [1.29, 1.82) is 0 Å². The zero-order valence-corrected chi connectivity index (χ0v) is 10.7. The van der Waals surface area contributed by atoms with E-state index in [9.17, 15) is 10.1 Å². The fraction of sp³-hybridized carbons (Fsp3) is 0.400. The van der Waals surface area contributed by atoms with E-state index in [-0.39, 0.29) is 5.69 Å². The van der Waals surface area contributed by atoms with Crippen molar-refractivity contribution in [3.8, 4) is 5.75 Å². The van der Waals surface area contributed by atoms with Crippen molar-refractivity contribution in [2.75, 3.05) is 6.61 Å². The summed E-state index contributed by atoms with van der Waals surface area (Å²) in [6, 6.07) is 4.34. The van der Waals surface area contributed by atoms with Crippen molar-refractivity contribution in [1.82, 2.24) is 0 Å². The van der Waals surface area contributed by atoms with Crippen LogP contribution >= 0.6 is 15.9 Å². The Bertz CT molecular complexity index is 402. The Morgan fingerprint density at radius 2 is 2.19 bits per heavy atom. The molecule has 1 rings (SSSR count). The van der Waals surface area contributed by atoms with Crippen LogP contribution in [0.25, 0.3) is 0 Å². The molecule has 88 valence electrons. The first-order chi connectivity index (χ1) is 7.29. The van der Waals surface area contributed by atoms with Gasteiger partial charge in [0, 0.05) is 17.7 Å². The Hall–Kier alpha value is -1.14. The van der Waals surface area contributed by atoms with E-state index in [0.717, 1.165) is 0 Å². The van der Waals surface area contributed by atoms with E-state index in [2.05, 4.69) is 15.9 Å². The Labute approximate surface area is 102 Å². The Morgan fingerprint density at radius 1 is 1.56 bits per heavy atom. The smallest absolute Gasteiger partial charge is 0.270 e. The molecule has 1 aromatic rings. The van der Waals surface area contributed by atoms with E-state index in [1.165, 1.54) is 12.1 Å². The second kappa shape index (κ2) is 4.80. The van der Waals surface area contributed by atoms with Gasteiger partial charge in [-0.15, -0.1) is 0 Å². The fourth-order valence-corrected chi connectivity index (χ4v) is 1.47. The summed E-state index contributed by atoms with van der Waals surface area (Å²) in [5.41, 5.74) is 5.34. The predicted octanol–water partition coefficient (Wildman–Crippen LogP) is 2.47. The molecule has 0 radical (unpaired) electrons. The van der Waals surface area contributed by atoms with Gasteiger partial charge in [-0.1, -0.05) is 0 Å². The first-order valence-corrected chi connectivity index (χ1v) is 5.44. The van der Waals surface area contributed by atoms with Gasteiger partial charge < -0.3 is 10.5 Å². The summed E-state index contributed by atoms with van der Waals surface area (Å²) in [5, 5.41) is 10.5. The van der Waals surface area contributed by atoms with Crippen LogP contribution in [0.3, 0.4) is 0 Å². The summed E-state index contributed by atoms with van der Waals surface area (Å²) in [6.45, 7) is 4.02. The number of hydrogen-bond acceptors (Lipinski definition) is 4. The quantitative estimate of drug-likeness (QED) is 0.682. The number of non-ortho nitro benzene ring substituents is 1. The minimum absolute atomic E-state index is 0.0197. The van der Waals surface area contributed by atoms with Crippen molar-refractivity contribution >= 4 is 21.6 Å². The lowest BCUT2D eigenvalue weighted by Crippen LogP contribution is -2.38. The molecule has 0 saturated heterocycles. The largest absolute Gasteiger partial charge is 0.491 e. The van der Waals surface area contributed by atoms with E-state index < -0.39 is 10.5 Å². The topological polar surface area (TPSA) is 78.4 Å². The van der Waals surface area contributed by atoms with Crippen LogP contribution in [0, 0.1) is 10.1 Å². The van der Waals surface area contributed by atoms with E-state index in [1.807, 2.05) is 13.8 Å². The number of nitrogens with zero attached hydrogens (tertiary/aromatic N) is 1. The molecule has 0 spiro atoms. The molecular weight excluding hydrogens is 276 g/mol. The van der Waals surface area contributed by atoms with Crippen molar-refractivity contribution in [2.45, 2.75) is 19.4 Å². The monoisotopic (exact) mass is 288 g/mol. The number of rotatable bonds is 4. The number of nitro groups is 1. The van der Waals surface area contributed by atoms with Crippen molar-refractivity contribution in [2.24, 2.45) is 5.73 Å². The molecule has 0 aromatic heterocycles. The average Bonchev–Trinajstić information content (AvgIpc) is 2.14. The van der Waals surface area contributed by atoms with Crippen LogP contribution in [0.4, 0.5) is 5.69 Å². The molecule has 0 aliphatic heterocycles. The number of ether oxygens (including phenoxy) is 1. The molecule has 16 heavy (non-hydrogen) atoms. The third kappa shape index (κ3) is 3.79. The highest BCUT2D eigenvalue weighted by molar-refractivity contribution is 9.10. The molecule has 0 unspecified atom stereocenters. The van der Waals surface area contributed by atoms with Gasteiger partial charge in [0.1, 0.15) is 12.4 Å². The first kappa shape index (κ1) is 12.9. The molecule has 2 N–H and O–H groups in total. The number of nitro benzene ring substituents is 1. The SMILES string of the molecule is CC(C)(N)COc1ccc([N+](=O)[O-])cc1Br. The maximum atomic E-state index is 10.5. The molecule has 0 fully saturated rings. The van der Waals surface area contributed by atoms with E-state index in [4.69, 9.17) is 10.5 Å². The lowest BCUT2D eigenvalue weighted by molar-refractivity contribution is -0.385. The molecule has 1 aromatic carbocycles. The molecule has 6 heteroatoms. The van der Waals surface area contributed by atoms with Gasteiger partial charge in [0.05, 0.1) is 9.40 Å². The van der Waals surface area contributed by atoms with Gasteiger partial charge in [0.2, 0.25) is 0 Å². The third-order valence-corrected chi connectivity index (χ3v) is 2.35. The van der Waals surface area contributed by atoms with Gasteiger partial charge in [-0.3, -0.25) is 10.1 Å². The zero-order chi connectivity index (χ0) is 12.3. The molecule has 0 bridgehead atoms. The number of hydrogen-bond donors (Lipinski definition) is 1. The molecule has 0 aliphatic carbocycles. The Morgan fingerprint density at radius 3 is 2.62 bits per heavy atom. The van der Waals surface area contributed by atoms with Gasteiger partial charge in [-0.05, 0) is 35.8 Å². The number of halogens is 1. The van der Waals surface area contributed by atoms with Crippen LogP contribution < -0.4 is 10.5 Å². The van der Waals surface area contributed by atoms with Crippen LogP contribution in [-0.4, -0.2) is 17.1 Å². The third-order valence-electron chi connectivity index (χ3n) is 1.73. The summed E-state index contributed by atoms with van der Waals surface area (Å²) in [5.74, 6) is 0.545. The van der Waals surface area contributed by atoms with E-state index >= 15 is 0 Å². The minimum Gasteiger partial charge on any atom is -0.491 e. The minimum atomic E-state index is -0.457. The second-order valence-electron chi connectivity index (χ2n) is 4.15. The van der Waals surface area contributed by atoms with Gasteiger partial charge >= 0.3 is 0 Å². The van der Waals surface area contributed by atoms with Gasteiger partial charge in [0.25, 0.3) is 5.69 Å². The normalized spacial score (nSPS) is 11.2. The summed E-state index contributed by atoms with van der Waals surface area (Å²) in [7, 11) is 0. The predicted molar refractivity (Wildman–Crippen MR) is 64.6 cm³/mol. The average molecular weight is 289 g/mol. The van der Waals surface area contributed by atoms with Crippen LogP contribution in [0.5, 0.6) is 5.75 Å². The first-order valence-electron chi connectivity index (χ1n) is 4.65.